The Hall–Kier alpha value is -1.36. The Bertz CT molecular complexity index is 426. The molecule has 0 aromatic carbocycles. The molecule has 1 atom stereocenters. The van der Waals surface area contributed by atoms with Crippen molar-refractivity contribution in [1.82, 2.24) is 9.97 Å². The summed E-state index contributed by atoms with van der Waals surface area (Å²) in [5.74, 6) is 1.83. The number of aromatic nitrogens is 2. The van der Waals surface area contributed by atoms with Gasteiger partial charge in [-0.25, -0.2) is 4.98 Å². The predicted octanol–water partition coefficient (Wildman–Crippen LogP) is 1.71. The highest BCUT2D eigenvalue weighted by Crippen LogP contribution is 2.12. The van der Waals surface area contributed by atoms with Crippen LogP contribution in [0.15, 0.2) is 10.9 Å². The number of aromatic amines is 1. The van der Waals surface area contributed by atoms with Gasteiger partial charge < -0.3 is 15.4 Å². The van der Waals surface area contributed by atoms with E-state index in [1.165, 1.54) is 6.07 Å². The Labute approximate surface area is 108 Å². The van der Waals surface area contributed by atoms with Gasteiger partial charge in [0.25, 0.3) is 5.56 Å². The average Bonchev–Trinajstić information content (AvgIpc) is 2.26. The molecule has 5 heteroatoms. The standard InChI is InChI=1S/C13H23N3O2/c1-8(2)5-10(7-17)14-11-6-12(18)16-13(15-11)9(3)4/h6,8-10,17H,5,7H2,1-4H3,(H2,14,15,16,18). The van der Waals surface area contributed by atoms with E-state index in [-0.39, 0.29) is 24.1 Å². The summed E-state index contributed by atoms with van der Waals surface area (Å²) < 4.78 is 0. The molecule has 0 saturated carbocycles. The van der Waals surface area contributed by atoms with Gasteiger partial charge in [0.2, 0.25) is 0 Å². The second kappa shape index (κ2) is 6.54. The van der Waals surface area contributed by atoms with Crippen molar-refractivity contribution in [3.63, 3.8) is 0 Å². The number of nitrogens with one attached hydrogen (secondary N) is 2. The second-order valence-electron chi connectivity index (χ2n) is 5.32. The minimum absolute atomic E-state index is 0.0314. The summed E-state index contributed by atoms with van der Waals surface area (Å²) in [5.41, 5.74) is -0.169. The third-order valence-electron chi connectivity index (χ3n) is 2.64. The maximum Gasteiger partial charge on any atom is 0.252 e. The molecule has 0 aliphatic carbocycles. The maximum atomic E-state index is 11.5. The van der Waals surface area contributed by atoms with Crippen LogP contribution in [0.1, 0.15) is 45.9 Å². The quantitative estimate of drug-likeness (QED) is 0.721. The number of aliphatic hydroxyl groups excluding tert-OH is 1. The molecule has 0 spiro atoms. The third kappa shape index (κ3) is 4.49. The zero-order valence-electron chi connectivity index (χ0n) is 11.5. The number of hydrogen-bond acceptors (Lipinski definition) is 4. The third-order valence-corrected chi connectivity index (χ3v) is 2.64. The Morgan fingerprint density at radius 1 is 1.39 bits per heavy atom. The predicted molar refractivity (Wildman–Crippen MR) is 72.9 cm³/mol. The van der Waals surface area contributed by atoms with Crippen molar-refractivity contribution < 1.29 is 5.11 Å². The van der Waals surface area contributed by atoms with Gasteiger partial charge >= 0.3 is 0 Å². The first kappa shape index (κ1) is 14.7. The lowest BCUT2D eigenvalue weighted by atomic mass is 10.0. The molecule has 5 nitrogen and oxygen atoms in total. The first-order valence-corrected chi connectivity index (χ1v) is 6.41. The van der Waals surface area contributed by atoms with Gasteiger partial charge in [0.05, 0.1) is 12.6 Å². The van der Waals surface area contributed by atoms with E-state index in [0.717, 1.165) is 6.42 Å². The van der Waals surface area contributed by atoms with Gasteiger partial charge in [0.15, 0.2) is 0 Å². The first-order valence-electron chi connectivity index (χ1n) is 6.41. The van der Waals surface area contributed by atoms with Crippen LogP contribution in [-0.4, -0.2) is 27.7 Å². The largest absolute Gasteiger partial charge is 0.394 e. The van der Waals surface area contributed by atoms with E-state index in [1.54, 1.807) is 0 Å². The topological polar surface area (TPSA) is 78.0 Å². The zero-order chi connectivity index (χ0) is 13.7. The molecule has 1 unspecified atom stereocenters. The highest BCUT2D eigenvalue weighted by molar-refractivity contribution is 5.34. The molecule has 1 rings (SSSR count). The van der Waals surface area contributed by atoms with Gasteiger partial charge in [-0.05, 0) is 12.3 Å². The van der Waals surface area contributed by atoms with E-state index in [9.17, 15) is 9.90 Å². The van der Waals surface area contributed by atoms with E-state index in [2.05, 4.69) is 29.1 Å². The first-order chi connectivity index (χ1) is 8.42. The smallest absolute Gasteiger partial charge is 0.252 e. The zero-order valence-corrected chi connectivity index (χ0v) is 11.5. The normalized spacial score (nSPS) is 13.1. The van der Waals surface area contributed by atoms with Crippen LogP contribution in [0.5, 0.6) is 0 Å². The van der Waals surface area contributed by atoms with E-state index >= 15 is 0 Å². The van der Waals surface area contributed by atoms with Crippen molar-refractivity contribution in [3.8, 4) is 0 Å². The van der Waals surface area contributed by atoms with E-state index < -0.39 is 0 Å². The van der Waals surface area contributed by atoms with Crippen LogP contribution in [0, 0.1) is 5.92 Å². The molecular formula is C13H23N3O2. The number of hydrogen-bond donors (Lipinski definition) is 3. The van der Waals surface area contributed by atoms with E-state index in [0.29, 0.717) is 17.6 Å². The summed E-state index contributed by atoms with van der Waals surface area (Å²) in [6.45, 7) is 8.16. The van der Waals surface area contributed by atoms with E-state index in [4.69, 9.17) is 0 Å². The van der Waals surface area contributed by atoms with Gasteiger partial charge in [-0.15, -0.1) is 0 Å². The van der Waals surface area contributed by atoms with Gasteiger partial charge in [0.1, 0.15) is 11.6 Å². The Kier molecular flexibility index (Phi) is 5.34. The monoisotopic (exact) mass is 253 g/mol. The Balaban J connectivity index is 2.85. The van der Waals surface area contributed by atoms with Crippen molar-refractivity contribution in [2.45, 2.75) is 46.1 Å². The van der Waals surface area contributed by atoms with Crippen molar-refractivity contribution in [2.24, 2.45) is 5.92 Å². The molecule has 0 amide bonds. The number of anilines is 1. The molecule has 102 valence electrons. The molecule has 0 bridgehead atoms. The fraction of sp³-hybridized carbons (Fsp3) is 0.692. The molecule has 3 N–H and O–H groups in total. The van der Waals surface area contributed by atoms with Crippen LogP contribution >= 0.6 is 0 Å². The van der Waals surface area contributed by atoms with Crippen LogP contribution in [0.3, 0.4) is 0 Å². The summed E-state index contributed by atoms with van der Waals surface area (Å²) in [6.07, 6.45) is 0.835. The van der Waals surface area contributed by atoms with Gasteiger partial charge in [0, 0.05) is 12.0 Å². The molecule has 0 aliphatic rings. The minimum atomic E-state index is -0.169. The lowest BCUT2D eigenvalue weighted by Gasteiger charge is -2.19. The summed E-state index contributed by atoms with van der Waals surface area (Å²) in [7, 11) is 0. The summed E-state index contributed by atoms with van der Waals surface area (Å²) >= 11 is 0. The summed E-state index contributed by atoms with van der Waals surface area (Å²) in [5, 5.41) is 12.4. The molecule has 18 heavy (non-hydrogen) atoms. The maximum absolute atomic E-state index is 11.5. The van der Waals surface area contributed by atoms with Gasteiger partial charge in [-0.1, -0.05) is 27.7 Å². The van der Waals surface area contributed by atoms with Crippen LogP contribution in [-0.2, 0) is 0 Å². The SMILES string of the molecule is CC(C)CC(CO)Nc1cc(=O)[nH]c(C(C)C)n1. The van der Waals surface area contributed by atoms with Crippen LogP contribution in [0.25, 0.3) is 0 Å². The average molecular weight is 253 g/mol. The lowest BCUT2D eigenvalue weighted by Crippen LogP contribution is -2.27. The number of rotatable bonds is 6. The minimum Gasteiger partial charge on any atom is -0.394 e. The van der Waals surface area contributed by atoms with Crippen molar-refractivity contribution in [2.75, 3.05) is 11.9 Å². The lowest BCUT2D eigenvalue weighted by molar-refractivity contribution is 0.259. The van der Waals surface area contributed by atoms with Crippen molar-refractivity contribution in [3.05, 3.63) is 22.2 Å². The number of aliphatic hydroxyl groups is 1. The molecule has 1 aromatic rings. The van der Waals surface area contributed by atoms with Gasteiger partial charge in [-0.2, -0.15) is 0 Å². The van der Waals surface area contributed by atoms with Crippen LogP contribution in [0.2, 0.25) is 0 Å². The fourth-order valence-electron chi connectivity index (χ4n) is 1.78. The number of nitrogens with zero attached hydrogens (tertiary/aromatic N) is 1. The molecule has 1 heterocycles. The van der Waals surface area contributed by atoms with Crippen molar-refractivity contribution in [1.29, 1.82) is 0 Å². The Morgan fingerprint density at radius 3 is 2.56 bits per heavy atom. The molecule has 0 aliphatic heterocycles. The van der Waals surface area contributed by atoms with Gasteiger partial charge in [-0.3, -0.25) is 4.79 Å². The second-order valence-corrected chi connectivity index (χ2v) is 5.32. The molecule has 0 radical (unpaired) electrons. The fourth-order valence-corrected chi connectivity index (χ4v) is 1.78. The molecule has 1 aromatic heterocycles. The Morgan fingerprint density at radius 2 is 2.06 bits per heavy atom. The van der Waals surface area contributed by atoms with Crippen LogP contribution < -0.4 is 10.9 Å². The summed E-state index contributed by atoms with van der Waals surface area (Å²) in [6, 6.07) is 1.36. The van der Waals surface area contributed by atoms with Crippen molar-refractivity contribution >= 4 is 5.82 Å². The number of H-pyrrole nitrogens is 1. The van der Waals surface area contributed by atoms with Crippen LogP contribution in [0.4, 0.5) is 5.82 Å². The summed E-state index contributed by atoms with van der Waals surface area (Å²) in [4.78, 5) is 18.6. The molecule has 0 saturated heterocycles. The van der Waals surface area contributed by atoms with E-state index in [1.807, 2.05) is 13.8 Å². The highest BCUT2D eigenvalue weighted by atomic mass is 16.3. The molecule has 0 fully saturated rings. The highest BCUT2D eigenvalue weighted by Gasteiger charge is 2.12. The molecular weight excluding hydrogens is 230 g/mol.